The van der Waals surface area contributed by atoms with Gasteiger partial charge in [-0.2, -0.15) is 0 Å². The molecule has 0 fully saturated rings. The van der Waals surface area contributed by atoms with Crippen molar-refractivity contribution in [3.05, 3.63) is 76.7 Å². The topological polar surface area (TPSA) is 78.0 Å². The lowest BCUT2D eigenvalue weighted by Crippen LogP contribution is -2.28. The molecule has 0 saturated carbocycles. The molecule has 6 heteroatoms. The third kappa shape index (κ3) is 2.91. The Morgan fingerprint density at radius 2 is 1.65 bits per heavy atom. The van der Waals surface area contributed by atoms with Crippen LogP contribution in [0.5, 0.6) is 0 Å². The van der Waals surface area contributed by atoms with E-state index in [1.54, 1.807) is 0 Å². The van der Waals surface area contributed by atoms with Crippen LogP contribution in [0.15, 0.2) is 71.1 Å². The molecule has 0 bridgehead atoms. The van der Waals surface area contributed by atoms with Crippen molar-refractivity contribution < 1.29 is 4.79 Å². The molecule has 128 valence electrons. The first kappa shape index (κ1) is 16.2. The highest BCUT2D eigenvalue weighted by Crippen LogP contribution is 2.32. The van der Waals surface area contributed by atoms with Gasteiger partial charge in [-0.05, 0) is 16.7 Å². The minimum absolute atomic E-state index is 0.177. The summed E-state index contributed by atoms with van der Waals surface area (Å²) >= 11 is 1.41. The fourth-order valence-corrected chi connectivity index (χ4v) is 3.84. The predicted molar refractivity (Wildman–Crippen MR) is 104 cm³/mol. The molecule has 2 aromatic carbocycles. The highest BCUT2D eigenvalue weighted by molar-refractivity contribution is 7.17. The van der Waals surface area contributed by atoms with E-state index in [4.69, 9.17) is 5.73 Å². The predicted octanol–water partition coefficient (Wildman–Crippen LogP) is 3.28. The SMILES string of the molecule is NC(=O)Cn1cnc2scc(-c3ccc(-c4ccccc4)cc3)c2c1=O. The fraction of sp³-hybridized carbons (Fsp3) is 0.0500. The minimum atomic E-state index is -0.572. The number of primary amides is 1. The van der Waals surface area contributed by atoms with E-state index < -0.39 is 5.91 Å². The van der Waals surface area contributed by atoms with Gasteiger partial charge in [0.25, 0.3) is 5.56 Å². The summed E-state index contributed by atoms with van der Waals surface area (Å²) in [5, 5.41) is 2.44. The van der Waals surface area contributed by atoms with Crippen LogP contribution < -0.4 is 11.3 Å². The van der Waals surface area contributed by atoms with Crippen LogP contribution in [0.3, 0.4) is 0 Å². The Labute approximate surface area is 153 Å². The molecule has 0 saturated heterocycles. The molecule has 1 amide bonds. The lowest BCUT2D eigenvalue weighted by molar-refractivity contribution is -0.118. The minimum Gasteiger partial charge on any atom is -0.368 e. The maximum absolute atomic E-state index is 12.7. The summed E-state index contributed by atoms with van der Waals surface area (Å²) in [6.07, 6.45) is 1.37. The summed E-state index contributed by atoms with van der Waals surface area (Å²) < 4.78 is 1.25. The monoisotopic (exact) mass is 361 g/mol. The van der Waals surface area contributed by atoms with E-state index in [0.717, 1.165) is 22.3 Å². The van der Waals surface area contributed by atoms with Gasteiger partial charge in [-0.3, -0.25) is 14.2 Å². The highest BCUT2D eigenvalue weighted by Gasteiger charge is 2.14. The molecule has 0 unspecified atom stereocenters. The van der Waals surface area contributed by atoms with Crippen molar-refractivity contribution >= 4 is 27.5 Å². The maximum atomic E-state index is 12.7. The maximum Gasteiger partial charge on any atom is 0.263 e. The zero-order chi connectivity index (χ0) is 18.1. The van der Waals surface area contributed by atoms with Gasteiger partial charge in [-0.15, -0.1) is 11.3 Å². The summed E-state index contributed by atoms with van der Waals surface area (Å²) in [6, 6.07) is 18.2. The Morgan fingerprint density at radius 3 is 2.35 bits per heavy atom. The van der Waals surface area contributed by atoms with Gasteiger partial charge in [-0.1, -0.05) is 54.6 Å². The second kappa shape index (κ2) is 6.57. The molecule has 0 aliphatic carbocycles. The molecule has 0 radical (unpaired) electrons. The molecular weight excluding hydrogens is 346 g/mol. The van der Waals surface area contributed by atoms with Gasteiger partial charge < -0.3 is 5.73 Å². The Balaban J connectivity index is 1.79. The summed E-state index contributed by atoms with van der Waals surface area (Å²) in [6.45, 7) is -0.177. The van der Waals surface area contributed by atoms with Crippen molar-refractivity contribution in [2.45, 2.75) is 6.54 Å². The Kier molecular flexibility index (Phi) is 4.10. The van der Waals surface area contributed by atoms with Crippen molar-refractivity contribution in [3.63, 3.8) is 0 Å². The van der Waals surface area contributed by atoms with Crippen LogP contribution in [-0.2, 0) is 11.3 Å². The van der Waals surface area contributed by atoms with E-state index in [1.165, 1.54) is 22.2 Å². The molecule has 0 atom stereocenters. The third-order valence-corrected chi connectivity index (χ3v) is 5.08. The number of nitrogens with two attached hydrogens (primary N) is 1. The van der Waals surface area contributed by atoms with Crippen molar-refractivity contribution in [2.24, 2.45) is 5.73 Å². The van der Waals surface area contributed by atoms with Gasteiger partial charge in [-0.25, -0.2) is 4.98 Å². The quantitative estimate of drug-likeness (QED) is 0.606. The molecule has 0 aliphatic heterocycles. The van der Waals surface area contributed by atoms with Crippen molar-refractivity contribution in [2.75, 3.05) is 0 Å². The molecule has 0 aliphatic rings. The van der Waals surface area contributed by atoms with E-state index in [2.05, 4.69) is 17.1 Å². The number of thiophene rings is 1. The average molecular weight is 361 g/mol. The van der Waals surface area contributed by atoms with Crippen LogP contribution in [0.2, 0.25) is 0 Å². The zero-order valence-corrected chi connectivity index (χ0v) is 14.6. The fourth-order valence-electron chi connectivity index (χ4n) is 2.93. The van der Waals surface area contributed by atoms with Crippen LogP contribution >= 0.6 is 11.3 Å². The van der Waals surface area contributed by atoms with Gasteiger partial charge in [0.1, 0.15) is 11.4 Å². The number of hydrogen-bond donors (Lipinski definition) is 1. The summed E-state index contributed by atoms with van der Waals surface area (Å²) in [7, 11) is 0. The molecular formula is C20H15N3O2S. The Morgan fingerprint density at radius 1 is 1.00 bits per heavy atom. The zero-order valence-electron chi connectivity index (χ0n) is 13.8. The van der Waals surface area contributed by atoms with Gasteiger partial charge in [0.05, 0.1) is 11.7 Å². The molecule has 4 rings (SSSR count). The second-order valence-electron chi connectivity index (χ2n) is 5.92. The van der Waals surface area contributed by atoms with Crippen molar-refractivity contribution in [3.8, 4) is 22.3 Å². The molecule has 4 aromatic rings. The third-order valence-electron chi connectivity index (χ3n) is 4.19. The van der Waals surface area contributed by atoms with Gasteiger partial charge in [0, 0.05) is 10.9 Å². The first-order valence-corrected chi connectivity index (χ1v) is 8.92. The first-order chi connectivity index (χ1) is 12.6. The van der Waals surface area contributed by atoms with E-state index in [1.807, 2.05) is 47.8 Å². The van der Waals surface area contributed by atoms with Gasteiger partial charge in [0.15, 0.2) is 0 Å². The molecule has 2 heterocycles. The number of fused-ring (bicyclic) bond motifs is 1. The standard InChI is InChI=1S/C20H15N3O2S/c21-17(24)10-23-12-22-19-18(20(23)25)16(11-26-19)15-8-6-14(7-9-15)13-4-2-1-3-5-13/h1-9,11-12H,10H2,(H2,21,24). The van der Waals surface area contributed by atoms with E-state index in [9.17, 15) is 9.59 Å². The van der Waals surface area contributed by atoms with Gasteiger partial charge in [0.2, 0.25) is 5.91 Å². The summed E-state index contributed by atoms with van der Waals surface area (Å²) in [5.41, 5.74) is 8.96. The number of carbonyl (C=O) groups excluding carboxylic acids is 1. The lowest BCUT2D eigenvalue weighted by Gasteiger charge is -2.05. The molecule has 2 N–H and O–H groups in total. The Hall–Kier alpha value is -3.25. The number of aromatic nitrogens is 2. The van der Waals surface area contributed by atoms with Crippen LogP contribution in [0, 0.1) is 0 Å². The number of amides is 1. The largest absolute Gasteiger partial charge is 0.368 e. The molecule has 5 nitrogen and oxygen atoms in total. The number of rotatable bonds is 4. The number of nitrogens with zero attached hydrogens (tertiary/aromatic N) is 2. The number of benzene rings is 2. The number of carbonyl (C=O) groups is 1. The normalized spacial score (nSPS) is 10.9. The Bertz CT molecular complexity index is 1150. The number of hydrogen-bond acceptors (Lipinski definition) is 4. The molecule has 26 heavy (non-hydrogen) atoms. The highest BCUT2D eigenvalue weighted by atomic mass is 32.1. The molecule has 2 aromatic heterocycles. The van der Waals surface area contributed by atoms with Crippen LogP contribution in [0.4, 0.5) is 0 Å². The average Bonchev–Trinajstić information content (AvgIpc) is 3.09. The van der Waals surface area contributed by atoms with Crippen LogP contribution in [0.1, 0.15) is 0 Å². The van der Waals surface area contributed by atoms with E-state index in [-0.39, 0.29) is 12.1 Å². The lowest BCUT2D eigenvalue weighted by atomic mass is 10.0. The molecule has 0 spiro atoms. The van der Waals surface area contributed by atoms with E-state index in [0.29, 0.717) is 10.2 Å². The summed E-state index contributed by atoms with van der Waals surface area (Å²) in [5.74, 6) is -0.572. The van der Waals surface area contributed by atoms with Gasteiger partial charge >= 0.3 is 0 Å². The smallest absolute Gasteiger partial charge is 0.263 e. The van der Waals surface area contributed by atoms with Crippen molar-refractivity contribution in [1.29, 1.82) is 0 Å². The second-order valence-corrected chi connectivity index (χ2v) is 6.77. The summed E-state index contributed by atoms with van der Waals surface area (Å²) in [4.78, 5) is 28.8. The van der Waals surface area contributed by atoms with Crippen LogP contribution in [-0.4, -0.2) is 15.5 Å². The van der Waals surface area contributed by atoms with Crippen LogP contribution in [0.25, 0.3) is 32.5 Å². The van der Waals surface area contributed by atoms with Crippen molar-refractivity contribution in [1.82, 2.24) is 9.55 Å². The van der Waals surface area contributed by atoms with E-state index >= 15 is 0 Å². The first-order valence-electron chi connectivity index (χ1n) is 8.04.